The lowest BCUT2D eigenvalue weighted by atomic mass is 10.1. The number of benzene rings is 2. The van der Waals surface area contributed by atoms with E-state index in [4.69, 9.17) is 9.47 Å². The molecule has 0 unspecified atom stereocenters. The van der Waals surface area contributed by atoms with Gasteiger partial charge in [0.1, 0.15) is 18.1 Å². The molecule has 1 fully saturated rings. The molecule has 1 saturated carbocycles. The Morgan fingerprint density at radius 2 is 1.82 bits per heavy atom. The lowest BCUT2D eigenvalue weighted by Gasteiger charge is -2.23. The molecule has 3 aromatic rings. The fourth-order valence-electron chi connectivity index (χ4n) is 3.01. The molecule has 0 spiro atoms. The van der Waals surface area contributed by atoms with Crippen LogP contribution in [-0.2, 0) is 13.2 Å². The lowest BCUT2D eigenvalue weighted by molar-refractivity contribution is 0.0730. The first-order valence-corrected chi connectivity index (χ1v) is 10.2. The number of carbonyl (C=O) groups excluding carboxylic acids is 1. The Kier molecular flexibility index (Phi) is 5.58. The molecule has 0 saturated heterocycles. The summed E-state index contributed by atoms with van der Waals surface area (Å²) in [7, 11) is 1.65. The number of carbonyl (C=O) groups is 1. The van der Waals surface area contributed by atoms with E-state index in [9.17, 15) is 4.79 Å². The van der Waals surface area contributed by atoms with Gasteiger partial charge in [-0.3, -0.25) is 4.79 Å². The number of rotatable bonds is 8. The number of hydrogen-bond acceptors (Lipinski definition) is 5. The summed E-state index contributed by atoms with van der Waals surface area (Å²) in [6.45, 7) is 1.04. The number of amides is 1. The molecular weight excluding hydrogens is 372 g/mol. The third-order valence-electron chi connectivity index (χ3n) is 4.73. The standard InChI is InChI=1S/C22H22N2O3S/c1-26-20-8-2-16(3-9-20)12-24(19-6-7-19)22(25)17-4-10-21(11-5-17)27-13-18-14-28-15-23-18/h2-5,8-11,14-15,19H,6-7,12-13H2,1H3. The van der Waals surface area contributed by atoms with Crippen LogP contribution in [0, 0.1) is 0 Å². The Hall–Kier alpha value is -2.86. The SMILES string of the molecule is COc1ccc(CN(C(=O)c2ccc(OCc3cscn3)cc2)C2CC2)cc1. The fourth-order valence-corrected chi connectivity index (χ4v) is 3.55. The van der Waals surface area contributed by atoms with Crippen LogP contribution < -0.4 is 9.47 Å². The van der Waals surface area contributed by atoms with Gasteiger partial charge < -0.3 is 14.4 Å². The minimum absolute atomic E-state index is 0.0596. The topological polar surface area (TPSA) is 51.7 Å². The second-order valence-electron chi connectivity index (χ2n) is 6.81. The molecule has 0 atom stereocenters. The number of nitrogens with zero attached hydrogens (tertiary/aromatic N) is 2. The minimum Gasteiger partial charge on any atom is -0.497 e. The highest BCUT2D eigenvalue weighted by Crippen LogP contribution is 2.30. The predicted octanol–water partition coefficient (Wildman–Crippen LogP) is 4.54. The highest BCUT2D eigenvalue weighted by molar-refractivity contribution is 7.07. The first-order chi connectivity index (χ1) is 13.7. The van der Waals surface area contributed by atoms with Crippen LogP contribution in [0.4, 0.5) is 0 Å². The van der Waals surface area contributed by atoms with Crippen molar-refractivity contribution in [3.63, 3.8) is 0 Å². The second kappa shape index (κ2) is 8.44. The lowest BCUT2D eigenvalue weighted by Crippen LogP contribution is -2.32. The van der Waals surface area contributed by atoms with Crippen molar-refractivity contribution in [2.45, 2.75) is 32.0 Å². The van der Waals surface area contributed by atoms with Crippen LogP contribution in [0.5, 0.6) is 11.5 Å². The van der Waals surface area contributed by atoms with Crippen molar-refractivity contribution >= 4 is 17.2 Å². The molecule has 0 bridgehead atoms. The Morgan fingerprint density at radius 1 is 1.11 bits per heavy atom. The highest BCUT2D eigenvalue weighted by atomic mass is 32.1. The van der Waals surface area contributed by atoms with E-state index in [0.717, 1.165) is 35.6 Å². The van der Waals surface area contributed by atoms with Gasteiger partial charge in [0.2, 0.25) is 0 Å². The summed E-state index contributed by atoms with van der Waals surface area (Å²) in [5, 5.41) is 1.96. The van der Waals surface area contributed by atoms with Crippen molar-refractivity contribution in [2.24, 2.45) is 0 Å². The summed E-state index contributed by atoms with van der Waals surface area (Å²) >= 11 is 1.55. The quantitative estimate of drug-likeness (QED) is 0.563. The van der Waals surface area contributed by atoms with Crippen LogP contribution in [0.3, 0.4) is 0 Å². The summed E-state index contributed by atoms with van der Waals surface area (Å²) in [5.74, 6) is 1.61. The molecule has 0 aliphatic heterocycles. The van der Waals surface area contributed by atoms with Gasteiger partial charge >= 0.3 is 0 Å². The van der Waals surface area contributed by atoms with Crippen molar-refractivity contribution in [1.29, 1.82) is 0 Å². The van der Waals surface area contributed by atoms with Crippen molar-refractivity contribution in [1.82, 2.24) is 9.88 Å². The maximum absolute atomic E-state index is 13.1. The van der Waals surface area contributed by atoms with Crippen molar-refractivity contribution in [3.8, 4) is 11.5 Å². The average molecular weight is 394 g/mol. The number of methoxy groups -OCH3 is 1. The molecule has 144 valence electrons. The van der Waals surface area contributed by atoms with E-state index in [1.165, 1.54) is 0 Å². The Bertz CT molecular complexity index is 904. The normalized spacial score (nSPS) is 13.2. The third-order valence-corrected chi connectivity index (χ3v) is 5.37. The molecule has 1 aromatic heterocycles. The Morgan fingerprint density at radius 3 is 2.43 bits per heavy atom. The van der Waals surface area contributed by atoms with Gasteiger partial charge in [-0.25, -0.2) is 4.98 Å². The zero-order valence-corrected chi connectivity index (χ0v) is 16.5. The maximum atomic E-state index is 13.1. The van der Waals surface area contributed by atoms with Crippen molar-refractivity contribution in [2.75, 3.05) is 7.11 Å². The molecule has 1 aliphatic rings. The van der Waals surface area contributed by atoms with E-state index >= 15 is 0 Å². The fraction of sp³-hybridized carbons (Fsp3) is 0.273. The van der Waals surface area contributed by atoms with Crippen LogP contribution in [-0.4, -0.2) is 28.9 Å². The predicted molar refractivity (Wildman–Crippen MR) is 109 cm³/mol. The van der Waals surface area contributed by atoms with Crippen molar-refractivity contribution < 1.29 is 14.3 Å². The average Bonchev–Trinajstić information content (AvgIpc) is 3.45. The number of thiazole rings is 1. The smallest absolute Gasteiger partial charge is 0.254 e. The van der Waals surface area contributed by atoms with Gasteiger partial charge in [-0.15, -0.1) is 11.3 Å². The summed E-state index contributed by atoms with van der Waals surface area (Å²) in [4.78, 5) is 19.2. The van der Waals surface area contributed by atoms with Gasteiger partial charge in [-0.05, 0) is 54.8 Å². The molecule has 28 heavy (non-hydrogen) atoms. The molecule has 6 heteroatoms. The molecule has 1 amide bonds. The first kappa shape index (κ1) is 18.5. The maximum Gasteiger partial charge on any atom is 0.254 e. The molecule has 5 nitrogen and oxygen atoms in total. The molecule has 1 heterocycles. The molecule has 0 radical (unpaired) electrons. The van der Waals surface area contributed by atoms with E-state index in [-0.39, 0.29) is 5.91 Å². The van der Waals surface area contributed by atoms with E-state index in [0.29, 0.717) is 24.8 Å². The van der Waals surface area contributed by atoms with Crippen LogP contribution >= 0.6 is 11.3 Å². The van der Waals surface area contributed by atoms with Gasteiger partial charge in [0.25, 0.3) is 5.91 Å². The number of ether oxygens (including phenoxy) is 2. The summed E-state index contributed by atoms with van der Waals surface area (Å²) in [5.41, 5.74) is 4.48. The summed E-state index contributed by atoms with van der Waals surface area (Å²) in [6.07, 6.45) is 2.13. The van der Waals surface area contributed by atoms with Crippen molar-refractivity contribution in [3.05, 3.63) is 76.2 Å². The molecule has 1 aliphatic carbocycles. The summed E-state index contributed by atoms with van der Waals surface area (Å²) in [6, 6.07) is 15.6. The zero-order chi connectivity index (χ0) is 19.3. The molecule has 4 rings (SSSR count). The Labute approximate surface area is 168 Å². The van der Waals surface area contributed by atoms with Crippen LogP contribution in [0.2, 0.25) is 0 Å². The summed E-state index contributed by atoms with van der Waals surface area (Å²) < 4.78 is 10.9. The van der Waals surface area contributed by atoms with Gasteiger partial charge in [0.15, 0.2) is 0 Å². The molecule has 0 N–H and O–H groups in total. The van der Waals surface area contributed by atoms with Crippen LogP contribution in [0.15, 0.2) is 59.4 Å². The Balaban J connectivity index is 1.41. The van der Waals surface area contributed by atoms with Crippen LogP contribution in [0.1, 0.15) is 34.5 Å². The molecular formula is C22H22N2O3S. The van der Waals surface area contributed by atoms with E-state index in [1.807, 2.05) is 58.8 Å². The van der Waals surface area contributed by atoms with Gasteiger partial charge in [0, 0.05) is 23.5 Å². The largest absolute Gasteiger partial charge is 0.497 e. The zero-order valence-electron chi connectivity index (χ0n) is 15.7. The number of hydrogen-bond donors (Lipinski definition) is 0. The molecule has 2 aromatic carbocycles. The van der Waals surface area contributed by atoms with E-state index < -0.39 is 0 Å². The monoisotopic (exact) mass is 394 g/mol. The third kappa shape index (κ3) is 4.51. The van der Waals surface area contributed by atoms with E-state index in [1.54, 1.807) is 24.0 Å². The van der Waals surface area contributed by atoms with Gasteiger partial charge in [0.05, 0.1) is 18.3 Å². The van der Waals surface area contributed by atoms with Gasteiger partial charge in [-0.2, -0.15) is 0 Å². The highest BCUT2D eigenvalue weighted by Gasteiger charge is 2.33. The second-order valence-corrected chi connectivity index (χ2v) is 7.52. The van der Waals surface area contributed by atoms with Gasteiger partial charge in [-0.1, -0.05) is 12.1 Å². The number of aromatic nitrogens is 1. The minimum atomic E-state index is 0.0596. The first-order valence-electron chi connectivity index (χ1n) is 9.27. The van der Waals surface area contributed by atoms with E-state index in [2.05, 4.69) is 4.98 Å². The van der Waals surface area contributed by atoms with Crippen LogP contribution in [0.25, 0.3) is 0 Å².